The van der Waals surface area contributed by atoms with E-state index in [1.54, 1.807) is 0 Å². The van der Waals surface area contributed by atoms with Crippen LogP contribution >= 0.6 is 0 Å². The quantitative estimate of drug-likeness (QED) is 0.542. The Hall–Kier alpha value is -0.120. The third-order valence-corrected chi connectivity index (χ3v) is 1.93. The van der Waals surface area contributed by atoms with Crippen LogP contribution < -0.4 is 5.32 Å². The van der Waals surface area contributed by atoms with Gasteiger partial charge in [-0.15, -0.1) is 0 Å². The van der Waals surface area contributed by atoms with Crippen LogP contribution in [0.3, 0.4) is 0 Å². The lowest BCUT2D eigenvalue weighted by molar-refractivity contribution is 0.0192. The average Bonchev–Trinajstić information content (AvgIpc) is 2.74. The van der Waals surface area contributed by atoms with Crippen LogP contribution in [0.2, 0.25) is 0 Å². The molecular formula is C7H13NO2. The molecule has 2 atom stereocenters. The SMILES string of the molecule is C1COC(C[C@H]2CO2)CN1. The van der Waals surface area contributed by atoms with Crippen molar-refractivity contribution < 1.29 is 9.47 Å². The molecule has 3 nitrogen and oxygen atoms in total. The van der Waals surface area contributed by atoms with E-state index in [-0.39, 0.29) is 0 Å². The molecule has 3 heteroatoms. The van der Waals surface area contributed by atoms with Crippen molar-refractivity contribution >= 4 is 0 Å². The molecule has 2 heterocycles. The van der Waals surface area contributed by atoms with Gasteiger partial charge in [-0.1, -0.05) is 0 Å². The van der Waals surface area contributed by atoms with Gasteiger partial charge in [0, 0.05) is 19.5 Å². The van der Waals surface area contributed by atoms with Gasteiger partial charge in [0.05, 0.1) is 25.4 Å². The number of hydrogen-bond acceptors (Lipinski definition) is 3. The first-order valence-electron chi connectivity index (χ1n) is 3.89. The smallest absolute Gasteiger partial charge is 0.0835 e. The number of nitrogens with one attached hydrogen (secondary N) is 1. The highest BCUT2D eigenvalue weighted by Crippen LogP contribution is 2.17. The zero-order chi connectivity index (χ0) is 6.81. The van der Waals surface area contributed by atoms with Crippen molar-refractivity contribution in [2.24, 2.45) is 0 Å². The fourth-order valence-electron chi connectivity index (χ4n) is 1.27. The summed E-state index contributed by atoms with van der Waals surface area (Å²) < 4.78 is 10.6. The Morgan fingerprint density at radius 1 is 1.30 bits per heavy atom. The number of morpholine rings is 1. The van der Waals surface area contributed by atoms with Gasteiger partial charge in [-0.05, 0) is 0 Å². The second-order valence-electron chi connectivity index (χ2n) is 2.89. The van der Waals surface area contributed by atoms with Gasteiger partial charge in [-0.2, -0.15) is 0 Å². The Morgan fingerprint density at radius 2 is 2.20 bits per heavy atom. The summed E-state index contributed by atoms with van der Waals surface area (Å²) in [5.41, 5.74) is 0. The van der Waals surface area contributed by atoms with Crippen molar-refractivity contribution in [3.8, 4) is 0 Å². The predicted octanol–water partition coefficient (Wildman–Crippen LogP) is -0.236. The van der Waals surface area contributed by atoms with Gasteiger partial charge in [0.25, 0.3) is 0 Å². The van der Waals surface area contributed by atoms with E-state index in [0.717, 1.165) is 32.7 Å². The molecule has 10 heavy (non-hydrogen) atoms. The lowest BCUT2D eigenvalue weighted by atomic mass is 10.2. The van der Waals surface area contributed by atoms with Crippen LogP contribution in [0.25, 0.3) is 0 Å². The highest BCUT2D eigenvalue weighted by Gasteiger charge is 2.27. The normalized spacial score (nSPS) is 39.6. The summed E-state index contributed by atoms with van der Waals surface area (Å²) in [7, 11) is 0. The summed E-state index contributed by atoms with van der Waals surface area (Å²) in [6.45, 7) is 3.80. The van der Waals surface area contributed by atoms with Gasteiger partial charge in [-0.25, -0.2) is 0 Å². The summed E-state index contributed by atoms with van der Waals surface area (Å²) in [4.78, 5) is 0. The van der Waals surface area contributed by atoms with Crippen LogP contribution in [0.15, 0.2) is 0 Å². The first-order chi connectivity index (χ1) is 4.95. The monoisotopic (exact) mass is 143 g/mol. The van der Waals surface area contributed by atoms with Crippen LogP contribution in [-0.2, 0) is 9.47 Å². The van der Waals surface area contributed by atoms with Gasteiger partial charge < -0.3 is 14.8 Å². The highest BCUT2D eigenvalue weighted by molar-refractivity contribution is 4.77. The molecule has 0 aromatic rings. The predicted molar refractivity (Wildman–Crippen MR) is 37.0 cm³/mol. The summed E-state index contributed by atoms with van der Waals surface area (Å²) in [6, 6.07) is 0. The van der Waals surface area contributed by atoms with Gasteiger partial charge in [0.1, 0.15) is 0 Å². The van der Waals surface area contributed by atoms with Gasteiger partial charge >= 0.3 is 0 Å². The molecule has 0 bridgehead atoms. The largest absolute Gasteiger partial charge is 0.375 e. The van der Waals surface area contributed by atoms with Crippen LogP contribution in [-0.4, -0.2) is 38.5 Å². The molecule has 1 unspecified atom stereocenters. The maximum absolute atomic E-state index is 5.49. The van der Waals surface area contributed by atoms with E-state index in [1.807, 2.05) is 0 Å². The zero-order valence-electron chi connectivity index (χ0n) is 6.01. The molecule has 0 saturated carbocycles. The molecule has 2 rings (SSSR count). The van der Waals surface area contributed by atoms with Crippen molar-refractivity contribution in [3.05, 3.63) is 0 Å². The van der Waals surface area contributed by atoms with Crippen LogP contribution in [0.1, 0.15) is 6.42 Å². The molecule has 0 amide bonds. The molecule has 0 spiro atoms. The fourth-order valence-corrected chi connectivity index (χ4v) is 1.27. The molecular weight excluding hydrogens is 130 g/mol. The summed E-state index contributed by atoms with van der Waals surface area (Å²) in [5.74, 6) is 0. The Morgan fingerprint density at radius 3 is 2.80 bits per heavy atom. The lowest BCUT2D eigenvalue weighted by Crippen LogP contribution is -2.39. The molecule has 0 aromatic carbocycles. The van der Waals surface area contributed by atoms with E-state index in [2.05, 4.69) is 5.32 Å². The fraction of sp³-hybridized carbons (Fsp3) is 1.00. The minimum atomic E-state index is 0.404. The van der Waals surface area contributed by atoms with Gasteiger partial charge in [-0.3, -0.25) is 0 Å². The number of epoxide rings is 1. The van der Waals surface area contributed by atoms with Crippen LogP contribution in [0, 0.1) is 0 Å². The third kappa shape index (κ3) is 1.68. The maximum atomic E-state index is 5.49. The first-order valence-corrected chi connectivity index (χ1v) is 3.89. The zero-order valence-corrected chi connectivity index (χ0v) is 6.01. The number of rotatable bonds is 2. The average molecular weight is 143 g/mol. The molecule has 0 aliphatic carbocycles. The van der Waals surface area contributed by atoms with E-state index in [9.17, 15) is 0 Å². The van der Waals surface area contributed by atoms with E-state index >= 15 is 0 Å². The topological polar surface area (TPSA) is 33.8 Å². The number of ether oxygens (including phenoxy) is 2. The van der Waals surface area contributed by atoms with Crippen molar-refractivity contribution in [2.75, 3.05) is 26.3 Å². The van der Waals surface area contributed by atoms with Crippen molar-refractivity contribution in [1.29, 1.82) is 0 Å². The van der Waals surface area contributed by atoms with Gasteiger partial charge in [0.15, 0.2) is 0 Å². The standard InChI is InChI=1S/C7H13NO2/c1-2-9-6(4-8-1)3-7-5-10-7/h6-8H,1-5H2/t6?,7-/m0/s1. The summed E-state index contributed by atoms with van der Waals surface area (Å²) in [5, 5.41) is 3.29. The Kier molecular flexibility index (Phi) is 1.88. The van der Waals surface area contributed by atoms with Crippen molar-refractivity contribution in [2.45, 2.75) is 18.6 Å². The van der Waals surface area contributed by atoms with Crippen molar-refractivity contribution in [1.82, 2.24) is 5.32 Å². The molecule has 0 radical (unpaired) electrons. The van der Waals surface area contributed by atoms with E-state index in [4.69, 9.17) is 9.47 Å². The van der Waals surface area contributed by atoms with E-state index in [1.165, 1.54) is 0 Å². The van der Waals surface area contributed by atoms with Crippen molar-refractivity contribution in [3.63, 3.8) is 0 Å². The summed E-state index contributed by atoms with van der Waals surface area (Å²) in [6.07, 6.45) is 1.98. The Balaban J connectivity index is 1.69. The minimum Gasteiger partial charge on any atom is -0.375 e. The van der Waals surface area contributed by atoms with E-state index in [0.29, 0.717) is 12.2 Å². The molecule has 0 aromatic heterocycles. The van der Waals surface area contributed by atoms with Crippen LogP contribution in [0.4, 0.5) is 0 Å². The summed E-state index contributed by atoms with van der Waals surface area (Å²) >= 11 is 0. The molecule has 58 valence electrons. The molecule has 1 N–H and O–H groups in total. The first kappa shape index (κ1) is 6.58. The molecule has 2 aliphatic rings. The maximum Gasteiger partial charge on any atom is 0.0835 e. The van der Waals surface area contributed by atoms with E-state index < -0.39 is 0 Å². The second-order valence-corrected chi connectivity index (χ2v) is 2.89. The van der Waals surface area contributed by atoms with Crippen LogP contribution in [0.5, 0.6) is 0 Å². The molecule has 2 fully saturated rings. The minimum absolute atomic E-state index is 0.404. The lowest BCUT2D eigenvalue weighted by Gasteiger charge is -2.22. The Labute approximate surface area is 60.7 Å². The third-order valence-electron chi connectivity index (χ3n) is 1.93. The second kappa shape index (κ2) is 2.86. The molecule has 2 saturated heterocycles. The number of hydrogen-bond donors (Lipinski definition) is 1. The Bertz CT molecular complexity index is 108. The van der Waals surface area contributed by atoms with Gasteiger partial charge in [0.2, 0.25) is 0 Å². The highest BCUT2D eigenvalue weighted by atomic mass is 16.6. The molecule has 2 aliphatic heterocycles.